The van der Waals surface area contributed by atoms with Crippen molar-refractivity contribution in [3.05, 3.63) is 28.8 Å². The van der Waals surface area contributed by atoms with Crippen molar-refractivity contribution in [1.82, 2.24) is 5.32 Å². The quantitative estimate of drug-likeness (QED) is 0.763. The molecule has 1 rings (SSSR count). The van der Waals surface area contributed by atoms with E-state index in [1.54, 1.807) is 7.11 Å². The van der Waals surface area contributed by atoms with Crippen molar-refractivity contribution in [2.24, 2.45) is 5.73 Å². The van der Waals surface area contributed by atoms with Gasteiger partial charge in [0.05, 0.1) is 7.11 Å². The van der Waals surface area contributed by atoms with Crippen molar-refractivity contribution in [3.63, 3.8) is 0 Å². The molecule has 0 radical (unpaired) electrons. The summed E-state index contributed by atoms with van der Waals surface area (Å²) in [6.07, 6.45) is 0.958. The fourth-order valence-corrected chi connectivity index (χ4v) is 2.10. The lowest BCUT2D eigenvalue weighted by atomic mass is 10.0. The molecule has 0 saturated heterocycles. The van der Waals surface area contributed by atoms with Crippen LogP contribution in [0.3, 0.4) is 0 Å². The maximum atomic E-state index is 5.95. The van der Waals surface area contributed by atoms with Crippen LogP contribution >= 0.6 is 0 Å². The molecule has 3 heteroatoms. The van der Waals surface area contributed by atoms with Crippen LogP contribution < -0.4 is 15.8 Å². The van der Waals surface area contributed by atoms with Crippen LogP contribution in [0, 0.1) is 13.8 Å². The van der Waals surface area contributed by atoms with Crippen LogP contribution in [0.4, 0.5) is 0 Å². The van der Waals surface area contributed by atoms with Gasteiger partial charge in [0.1, 0.15) is 5.75 Å². The number of benzene rings is 1. The van der Waals surface area contributed by atoms with Gasteiger partial charge in [-0.25, -0.2) is 0 Å². The largest absolute Gasteiger partial charge is 0.496 e. The maximum absolute atomic E-state index is 5.95. The van der Waals surface area contributed by atoms with E-state index in [2.05, 4.69) is 31.3 Å². The third-order valence-electron chi connectivity index (χ3n) is 2.96. The lowest BCUT2D eigenvalue weighted by molar-refractivity contribution is 0.402. The van der Waals surface area contributed by atoms with Gasteiger partial charge in [-0.1, -0.05) is 17.7 Å². The molecule has 1 aromatic rings. The van der Waals surface area contributed by atoms with Crippen LogP contribution in [0.1, 0.15) is 37.0 Å². The first kappa shape index (κ1) is 15.0. The SMILES string of the molecule is COc1c(C)cc(C)cc1CNCCC(C)(C)N. The molecule has 0 unspecified atom stereocenters. The van der Waals surface area contributed by atoms with E-state index in [9.17, 15) is 0 Å². The average Bonchev–Trinajstić information content (AvgIpc) is 2.22. The molecule has 0 saturated carbocycles. The molecular weight excluding hydrogens is 224 g/mol. The molecule has 3 N–H and O–H groups in total. The molecule has 0 heterocycles. The zero-order valence-corrected chi connectivity index (χ0v) is 12.3. The summed E-state index contributed by atoms with van der Waals surface area (Å²) in [4.78, 5) is 0. The smallest absolute Gasteiger partial charge is 0.126 e. The summed E-state index contributed by atoms with van der Waals surface area (Å²) in [5, 5.41) is 3.43. The first-order valence-corrected chi connectivity index (χ1v) is 6.47. The first-order valence-electron chi connectivity index (χ1n) is 6.47. The Balaban J connectivity index is 2.61. The van der Waals surface area contributed by atoms with Gasteiger partial charge in [0.15, 0.2) is 0 Å². The molecule has 0 amide bonds. The predicted octanol–water partition coefficient (Wildman–Crippen LogP) is 2.53. The molecule has 0 aliphatic carbocycles. The number of methoxy groups -OCH3 is 1. The molecule has 0 aliphatic rings. The summed E-state index contributed by atoms with van der Waals surface area (Å²) in [7, 11) is 1.73. The normalized spacial score (nSPS) is 11.7. The minimum absolute atomic E-state index is 0.112. The Morgan fingerprint density at radius 3 is 2.50 bits per heavy atom. The molecule has 18 heavy (non-hydrogen) atoms. The highest BCUT2D eigenvalue weighted by Gasteiger charge is 2.10. The molecule has 0 bridgehead atoms. The van der Waals surface area contributed by atoms with Gasteiger partial charge >= 0.3 is 0 Å². The van der Waals surface area contributed by atoms with Crippen LogP contribution in [0.15, 0.2) is 12.1 Å². The average molecular weight is 250 g/mol. The summed E-state index contributed by atoms with van der Waals surface area (Å²) in [5.74, 6) is 0.986. The van der Waals surface area contributed by atoms with E-state index < -0.39 is 0 Å². The van der Waals surface area contributed by atoms with E-state index >= 15 is 0 Å². The van der Waals surface area contributed by atoms with Gasteiger partial charge < -0.3 is 15.8 Å². The van der Waals surface area contributed by atoms with E-state index in [4.69, 9.17) is 10.5 Å². The van der Waals surface area contributed by atoms with Crippen LogP contribution in [0.5, 0.6) is 5.75 Å². The summed E-state index contributed by atoms with van der Waals surface area (Å²) in [5.41, 5.74) is 9.51. The van der Waals surface area contributed by atoms with Crippen molar-refractivity contribution in [2.45, 2.75) is 46.2 Å². The standard InChI is InChI=1S/C15H26N2O/c1-11-8-12(2)14(18-5)13(9-11)10-17-7-6-15(3,4)16/h8-9,17H,6-7,10,16H2,1-5H3. The Morgan fingerprint density at radius 1 is 1.28 bits per heavy atom. The van der Waals surface area contributed by atoms with Crippen LogP contribution in [0.25, 0.3) is 0 Å². The number of aryl methyl sites for hydroxylation is 2. The highest BCUT2D eigenvalue weighted by Crippen LogP contribution is 2.24. The van der Waals surface area contributed by atoms with Gasteiger partial charge in [0, 0.05) is 17.6 Å². The Labute approximate surface area is 111 Å². The fourth-order valence-electron chi connectivity index (χ4n) is 2.10. The van der Waals surface area contributed by atoms with E-state index in [0.717, 1.165) is 25.3 Å². The lowest BCUT2D eigenvalue weighted by Crippen LogP contribution is -2.35. The summed E-state index contributed by atoms with van der Waals surface area (Å²) in [6, 6.07) is 4.32. The Morgan fingerprint density at radius 2 is 1.94 bits per heavy atom. The van der Waals surface area contributed by atoms with Crippen molar-refractivity contribution in [2.75, 3.05) is 13.7 Å². The Bertz CT molecular complexity index is 394. The minimum Gasteiger partial charge on any atom is -0.496 e. The highest BCUT2D eigenvalue weighted by atomic mass is 16.5. The Hall–Kier alpha value is -1.06. The number of nitrogens with two attached hydrogens (primary N) is 1. The number of hydrogen-bond acceptors (Lipinski definition) is 3. The van der Waals surface area contributed by atoms with Gasteiger partial charge in [-0.2, -0.15) is 0 Å². The monoisotopic (exact) mass is 250 g/mol. The van der Waals surface area contributed by atoms with E-state index in [0.29, 0.717) is 0 Å². The molecule has 1 aromatic carbocycles. The van der Waals surface area contributed by atoms with E-state index in [1.807, 2.05) is 13.8 Å². The molecule has 102 valence electrons. The number of rotatable bonds is 6. The van der Waals surface area contributed by atoms with Crippen LogP contribution in [-0.2, 0) is 6.54 Å². The maximum Gasteiger partial charge on any atom is 0.126 e. The minimum atomic E-state index is -0.112. The van der Waals surface area contributed by atoms with Crippen molar-refractivity contribution >= 4 is 0 Å². The molecule has 0 atom stereocenters. The zero-order chi connectivity index (χ0) is 13.8. The van der Waals surface area contributed by atoms with Gasteiger partial charge in [0.2, 0.25) is 0 Å². The Kier molecular flexibility index (Phi) is 5.17. The molecule has 0 aliphatic heterocycles. The van der Waals surface area contributed by atoms with E-state index in [-0.39, 0.29) is 5.54 Å². The number of nitrogens with one attached hydrogen (secondary N) is 1. The zero-order valence-electron chi connectivity index (χ0n) is 12.3. The molecule has 0 spiro atoms. The first-order chi connectivity index (χ1) is 8.33. The van der Waals surface area contributed by atoms with Gasteiger partial charge in [-0.3, -0.25) is 0 Å². The van der Waals surface area contributed by atoms with Crippen LogP contribution in [0.2, 0.25) is 0 Å². The third kappa shape index (κ3) is 4.67. The molecule has 0 aromatic heterocycles. The summed E-state index contributed by atoms with van der Waals surface area (Å²) < 4.78 is 5.46. The number of ether oxygens (including phenoxy) is 1. The van der Waals surface area contributed by atoms with E-state index in [1.165, 1.54) is 16.7 Å². The second-order valence-corrected chi connectivity index (χ2v) is 5.69. The molecular formula is C15H26N2O. The summed E-state index contributed by atoms with van der Waals surface area (Å²) >= 11 is 0. The highest BCUT2D eigenvalue weighted by molar-refractivity contribution is 5.43. The van der Waals surface area contributed by atoms with Crippen molar-refractivity contribution in [3.8, 4) is 5.75 Å². The predicted molar refractivity (Wildman–Crippen MR) is 77.1 cm³/mol. The van der Waals surface area contributed by atoms with Crippen molar-refractivity contribution in [1.29, 1.82) is 0 Å². The lowest BCUT2D eigenvalue weighted by Gasteiger charge is -2.19. The second-order valence-electron chi connectivity index (χ2n) is 5.69. The molecule has 0 fully saturated rings. The fraction of sp³-hybridized carbons (Fsp3) is 0.600. The van der Waals surface area contributed by atoms with Crippen molar-refractivity contribution < 1.29 is 4.74 Å². The van der Waals surface area contributed by atoms with Gasteiger partial charge in [-0.15, -0.1) is 0 Å². The number of hydrogen-bond donors (Lipinski definition) is 2. The van der Waals surface area contributed by atoms with Crippen LogP contribution in [-0.4, -0.2) is 19.2 Å². The van der Waals surface area contributed by atoms with Gasteiger partial charge in [0.25, 0.3) is 0 Å². The van der Waals surface area contributed by atoms with Gasteiger partial charge in [-0.05, 0) is 46.2 Å². The second kappa shape index (κ2) is 6.21. The molecule has 3 nitrogen and oxygen atoms in total. The topological polar surface area (TPSA) is 47.3 Å². The third-order valence-corrected chi connectivity index (χ3v) is 2.96. The summed E-state index contributed by atoms with van der Waals surface area (Å²) in [6.45, 7) is 10.0.